The van der Waals surface area contributed by atoms with E-state index in [1.165, 1.54) is 66.5 Å². The van der Waals surface area contributed by atoms with Gasteiger partial charge in [0.05, 0.1) is 11.0 Å². The van der Waals surface area contributed by atoms with E-state index in [0.717, 1.165) is 29.9 Å². The van der Waals surface area contributed by atoms with Crippen molar-refractivity contribution in [1.82, 2.24) is 4.57 Å². The van der Waals surface area contributed by atoms with E-state index in [9.17, 15) is 0 Å². The van der Waals surface area contributed by atoms with Gasteiger partial charge in [-0.15, -0.1) is 0 Å². The summed E-state index contributed by atoms with van der Waals surface area (Å²) in [5, 5.41) is 2.62. The maximum atomic E-state index is 2.44. The molecule has 9 rings (SSSR count). The normalized spacial score (nSPS) is 14.8. The summed E-state index contributed by atoms with van der Waals surface area (Å²) in [5.74, 6) is 0. The Bertz CT molecular complexity index is 2400. The van der Waals surface area contributed by atoms with Crippen LogP contribution in [0.1, 0.15) is 43.4 Å². The Labute approximate surface area is 282 Å². The lowest BCUT2D eigenvalue weighted by molar-refractivity contribution is 0.651. The predicted molar refractivity (Wildman–Crippen MR) is 204 cm³/mol. The van der Waals surface area contributed by atoms with Crippen molar-refractivity contribution in [2.24, 2.45) is 0 Å². The lowest BCUT2D eigenvalue weighted by atomic mass is 9.80. The molecule has 0 aliphatic heterocycles. The molecule has 0 atom stereocenters. The molecule has 2 heteroatoms. The molecule has 0 saturated carbocycles. The topological polar surface area (TPSA) is 8.17 Å². The Balaban J connectivity index is 1.18. The molecule has 2 aliphatic carbocycles. The zero-order valence-corrected chi connectivity index (χ0v) is 27.7. The number of rotatable bonds is 5. The number of anilines is 3. The summed E-state index contributed by atoms with van der Waals surface area (Å²) in [6.07, 6.45) is 6.95. The number of para-hydroxylation sites is 1. The first-order chi connectivity index (χ1) is 23.5. The van der Waals surface area contributed by atoms with Crippen LogP contribution in [0.25, 0.3) is 44.2 Å². The van der Waals surface area contributed by atoms with Crippen LogP contribution in [0, 0.1) is 6.92 Å². The molecule has 0 radical (unpaired) electrons. The zero-order chi connectivity index (χ0) is 32.4. The fourth-order valence-electron chi connectivity index (χ4n) is 8.23. The van der Waals surface area contributed by atoms with Crippen LogP contribution >= 0.6 is 0 Å². The van der Waals surface area contributed by atoms with Crippen LogP contribution in [0.5, 0.6) is 0 Å². The van der Waals surface area contributed by atoms with E-state index in [4.69, 9.17) is 0 Å². The van der Waals surface area contributed by atoms with Gasteiger partial charge in [-0.25, -0.2) is 0 Å². The second kappa shape index (κ2) is 11.0. The lowest BCUT2D eigenvalue weighted by Gasteiger charge is -2.29. The highest BCUT2D eigenvalue weighted by atomic mass is 15.1. The van der Waals surface area contributed by atoms with Crippen LogP contribution in [-0.4, -0.2) is 4.57 Å². The molecule has 0 spiro atoms. The van der Waals surface area contributed by atoms with E-state index in [1.54, 1.807) is 0 Å². The predicted octanol–water partition coefficient (Wildman–Crippen LogP) is 12.6. The van der Waals surface area contributed by atoms with Crippen molar-refractivity contribution in [2.75, 3.05) is 4.90 Å². The third-order valence-electron chi connectivity index (χ3n) is 10.6. The maximum Gasteiger partial charge on any atom is 0.0543 e. The van der Waals surface area contributed by atoms with E-state index in [-0.39, 0.29) is 5.41 Å². The molecule has 232 valence electrons. The highest BCUT2D eigenvalue weighted by Crippen LogP contribution is 2.51. The highest BCUT2D eigenvalue weighted by Gasteiger charge is 2.37. The molecule has 0 N–H and O–H groups in total. The van der Waals surface area contributed by atoms with Crippen molar-refractivity contribution in [3.8, 4) is 16.8 Å². The summed E-state index contributed by atoms with van der Waals surface area (Å²) in [5.41, 5.74) is 16.6. The van der Waals surface area contributed by atoms with Gasteiger partial charge in [-0.05, 0) is 119 Å². The van der Waals surface area contributed by atoms with Crippen LogP contribution in [0.15, 0.2) is 157 Å². The van der Waals surface area contributed by atoms with Crippen molar-refractivity contribution in [3.63, 3.8) is 0 Å². The quantitative estimate of drug-likeness (QED) is 0.186. The Morgan fingerprint density at radius 3 is 2.08 bits per heavy atom. The highest BCUT2D eigenvalue weighted by molar-refractivity contribution is 6.10. The average Bonchev–Trinajstić information content (AvgIpc) is 3.59. The van der Waals surface area contributed by atoms with Crippen LogP contribution in [-0.2, 0) is 5.41 Å². The van der Waals surface area contributed by atoms with E-state index in [1.807, 2.05) is 0 Å². The molecule has 0 amide bonds. The standard InChI is InChI=1S/C46H38N2/c1-31-12-11-19-44-45(31)40-16-8-10-18-43(40)48(44)36-26-24-35(25-27-36)47(34-22-20-33(21-23-34)32-13-5-4-6-14-32)37-28-29-39-38-15-7-9-17-41(38)46(2,3)42(39)30-37/h4-6,8-14,16-30H,7,15H2,1-3H3. The number of nitrogens with zero attached hydrogens (tertiary/aromatic N) is 2. The SMILES string of the molecule is Cc1cccc2c1c1ccccc1n2-c1ccc(N(c2ccc(-c3ccccc3)cc2)c2ccc3c(c2)C(C)(C)C2=C3CCC=C2)cc1. The molecule has 0 saturated heterocycles. The van der Waals surface area contributed by atoms with Crippen molar-refractivity contribution < 1.29 is 0 Å². The van der Waals surface area contributed by atoms with Crippen molar-refractivity contribution in [3.05, 3.63) is 174 Å². The van der Waals surface area contributed by atoms with Crippen LogP contribution < -0.4 is 4.90 Å². The summed E-state index contributed by atoms with van der Waals surface area (Å²) in [6, 6.07) is 51.2. The Morgan fingerprint density at radius 2 is 1.29 bits per heavy atom. The van der Waals surface area contributed by atoms with Crippen molar-refractivity contribution >= 4 is 44.4 Å². The monoisotopic (exact) mass is 618 g/mol. The number of aryl methyl sites for hydroxylation is 1. The summed E-state index contributed by atoms with van der Waals surface area (Å²) < 4.78 is 2.40. The molecule has 1 aromatic heterocycles. The van der Waals surface area contributed by atoms with Crippen molar-refractivity contribution in [1.29, 1.82) is 0 Å². The minimum atomic E-state index is -0.0288. The third-order valence-corrected chi connectivity index (χ3v) is 10.6. The molecule has 2 aliphatic rings. The van der Waals surface area contributed by atoms with Crippen LogP contribution in [0.2, 0.25) is 0 Å². The van der Waals surface area contributed by atoms with Gasteiger partial charge in [0.15, 0.2) is 0 Å². The van der Waals surface area contributed by atoms with Gasteiger partial charge in [0.1, 0.15) is 0 Å². The molecule has 0 unspecified atom stereocenters. The fourth-order valence-corrected chi connectivity index (χ4v) is 8.23. The van der Waals surface area contributed by atoms with Gasteiger partial charge in [-0.3, -0.25) is 0 Å². The van der Waals surface area contributed by atoms with Crippen molar-refractivity contribution in [2.45, 2.75) is 39.0 Å². The van der Waals surface area contributed by atoms with E-state index >= 15 is 0 Å². The number of benzene rings is 6. The van der Waals surface area contributed by atoms with Crippen LogP contribution in [0.3, 0.4) is 0 Å². The molecule has 0 bridgehead atoms. The molecule has 2 nitrogen and oxygen atoms in total. The molecule has 1 heterocycles. The average molecular weight is 619 g/mol. The van der Waals surface area contributed by atoms with E-state index in [2.05, 4.69) is 182 Å². The molecule has 0 fully saturated rings. The molecule has 48 heavy (non-hydrogen) atoms. The first kappa shape index (κ1) is 28.6. The maximum absolute atomic E-state index is 2.44. The lowest BCUT2D eigenvalue weighted by Crippen LogP contribution is -2.18. The third kappa shape index (κ3) is 4.40. The molecular weight excluding hydrogens is 581 g/mol. The summed E-state index contributed by atoms with van der Waals surface area (Å²) in [7, 11) is 0. The zero-order valence-electron chi connectivity index (χ0n) is 27.7. The van der Waals surface area contributed by atoms with E-state index < -0.39 is 0 Å². The van der Waals surface area contributed by atoms with Gasteiger partial charge in [0.2, 0.25) is 0 Å². The largest absolute Gasteiger partial charge is 0.310 e. The Morgan fingerprint density at radius 1 is 0.625 bits per heavy atom. The van der Waals surface area contributed by atoms with E-state index in [0.29, 0.717) is 0 Å². The Kier molecular flexibility index (Phi) is 6.55. The smallest absolute Gasteiger partial charge is 0.0543 e. The minimum absolute atomic E-state index is 0.0288. The number of hydrogen-bond acceptors (Lipinski definition) is 1. The number of hydrogen-bond donors (Lipinski definition) is 0. The molecule has 7 aromatic rings. The summed E-state index contributed by atoms with van der Waals surface area (Å²) in [6.45, 7) is 6.98. The van der Waals surface area contributed by atoms with Gasteiger partial charge in [0, 0.05) is 38.9 Å². The van der Waals surface area contributed by atoms with Gasteiger partial charge >= 0.3 is 0 Å². The summed E-state index contributed by atoms with van der Waals surface area (Å²) in [4.78, 5) is 2.41. The Hall–Kier alpha value is -5.60. The van der Waals surface area contributed by atoms with Gasteiger partial charge < -0.3 is 9.47 Å². The van der Waals surface area contributed by atoms with Crippen LogP contribution in [0.4, 0.5) is 17.1 Å². The number of fused-ring (bicyclic) bond motifs is 5. The molecule has 6 aromatic carbocycles. The summed E-state index contributed by atoms with van der Waals surface area (Å²) >= 11 is 0. The van der Waals surface area contributed by atoms with Gasteiger partial charge in [-0.1, -0.05) is 105 Å². The minimum Gasteiger partial charge on any atom is -0.310 e. The molecular formula is C46H38N2. The first-order valence-electron chi connectivity index (χ1n) is 17.1. The number of allylic oxidation sites excluding steroid dienone is 4. The van der Waals surface area contributed by atoms with Gasteiger partial charge in [-0.2, -0.15) is 0 Å². The second-order valence-electron chi connectivity index (χ2n) is 13.8. The van der Waals surface area contributed by atoms with Gasteiger partial charge in [0.25, 0.3) is 0 Å². The first-order valence-corrected chi connectivity index (χ1v) is 17.1. The second-order valence-corrected chi connectivity index (χ2v) is 13.8. The number of aromatic nitrogens is 1. The fraction of sp³-hybridized carbons (Fsp3) is 0.130.